The summed E-state index contributed by atoms with van der Waals surface area (Å²) < 4.78 is 24.0. The molecule has 2 aliphatic rings. The van der Waals surface area contributed by atoms with Crippen LogP contribution in [0.4, 0.5) is 5.69 Å². The zero-order valence-electron chi connectivity index (χ0n) is 18.7. The van der Waals surface area contributed by atoms with Gasteiger partial charge in [-0.15, -0.1) is 0 Å². The Kier molecular flexibility index (Phi) is 8.11. The zero-order valence-corrected chi connectivity index (χ0v) is 19.5. The number of rotatable bonds is 8. The number of nitrogens with zero attached hydrogens (tertiary/aromatic N) is 2. The minimum Gasteiger partial charge on any atom is -0.335 e. The first-order chi connectivity index (χ1) is 14.7. The second-order valence-corrected chi connectivity index (χ2v) is 11.3. The zero-order chi connectivity index (χ0) is 22.4. The Morgan fingerprint density at radius 2 is 1.81 bits per heavy atom. The Labute approximate surface area is 186 Å². The highest BCUT2D eigenvalue weighted by Crippen LogP contribution is 2.26. The van der Waals surface area contributed by atoms with Crippen molar-refractivity contribution in [3.05, 3.63) is 29.8 Å². The first-order valence-electron chi connectivity index (χ1n) is 11.3. The monoisotopic (exact) mass is 449 g/mol. The molecular weight excluding hydrogens is 414 g/mol. The van der Waals surface area contributed by atoms with Crippen molar-refractivity contribution < 1.29 is 18.0 Å². The number of anilines is 1. The molecule has 1 atom stereocenters. The van der Waals surface area contributed by atoms with Crippen LogP contribution in [0.3, 0.4) is 0 Å². The molecule has 1 aromatic carbocycles. The molecule has 7 nitrogen and oxygen atoms in total. The van der Waals surface area contributed by atoms with E-state index in [1.165, 1.54) is 6.42 Å². The van der Waals surface area contributed by atoms with Crippen molar-refractivity contribution in [2.75, 3.05) is 44.0 Å². The van der Waals surface area contributed by atoms with Crippen LogP contribution in [0.2, 0.25) is 0 Å². The lowest BCUT2D eigenvalue weighted by atomic mass is 9.88. The minimum atomic E-state index is -3.10. The molecule has 1 heterocycles. The maximum atomic E-state index is 13.4. The van der Waals surface area contributed by atoms with Crippen LogP contribution in [0.1, 0.15) is 55.3 Å². The van der Waals surface area contributed by atoms with Crippen LogP contribution < -0.4 is 5.32 Å². The van der Waals surface area contributed by atoms with Gasteiger partial charge in [-0.2, -0.15) is 0 Å². The molecule has 0 bridgehead atoms. The second kappa shape index (κ2) is 10.6. The standard InChI is InChI=1S/C23H35N3O4S/c1-25(2)13-7-14-26(21-12-15-31(29,30)17-21)23(28)19-10-6-11-20(16-19)24-22(27)18-8-4-3-5-9-18/h6,10-11,16,18,21H,3-5,7-9,12-15,17H2,1-2H3,(H,24,27). The van der Waals surface area contributed by atoms with Crippen LogP contribution in [0, 0.1) is 5.92 Å². The third-order valence-corrected chi connectivity index (χ3v) is 8.02. The van der Waals surface area contributed by atoms with Gasteiger partial charge in [-0.3, -0.25) is 9.59 Å². The Balaban J connectivity index is 1.72. The van der Waals surface area contributed by atoms with E-state index in [1.54, 1.807) is 29.2 Å². The Bertz CT molecular complexity index is 879. The lowest BCUT2D eigenvalue weighted by Crippen LogP contribution is -2.42. The maximum absolute atomic E-state index is 13.4. The van der Waals surface area contributed by atoms with Crippen molar-refractivity contribution in [1.29, 1.82) is 0 Å². The van der Waals surface area contributed by atoms with Gasteiger partial charge in [0.1, 0.15) is 0 Å². The molecule has 8 heteroatoms. The van der Waals surface area contributed by atoms with E-state index in [4.69, 9.17) is 0 Å². The van der Waals surface area contributed by atoms with Crippen molar-refractivity contribution in [3.8, 4) is 0 Å². The molecule has 0 aromatic heterocycles. The summed E-state index contributed by atoms with van der Waals surface area (Å²) in [6, 6.07) is 6.73. The number of hydrogen-bond acceptors (Lipinski definition) is 5. The van der Waals surface area contributed by atoms with Gasteiger partial charge in [0, 0.05) is 29.8 Å². The van der Waals surface area contributed by atoms with Crippen LogP contribution in [-0.4, -0.2) is 74.8 Å². The molecule has 3 rings (SSSR count). The van der Waals surface area contributed by atoms with E-state index >= 15 is 0 Å². The van der Waals surface area contributed by atoms with Crippen LogP contribution in [0.5, 0.6) is 0 Å². The van der Waals surface area contributed by atoms with Gasteiger partial charge in [-0.05, 0) is 64.5 Å². The normalized spacial score (nSPS) is 21.2. The molecule has 1 aliphatic heterocycles. The molecule has 1 N–H and O–H groups in total. The number of benzene rings is 1. The van der Waals surface area contributed by atoms with Crippen molar-refractivity contribution in [1.82, 2.24) is 9.80 Å². The van der Waals surface area contributed by atoms with E-state index in [1.807, 2.05) is 14.1 Å². The summed E-state index contributed by atoms with van der Waals surface area (Å²) in [7, 11) is 0.858. The summed E-state index contributed by atoms with van der Waals surface area (Å²) in [6.07, 6.45) is 6.45. The summed E-state index contributed by atoms with van der Waals surface area (Å²) in [5.74, 6) is 0.0498. The average Bonchev–Trinajstić information content (AvgIpc) is 3.10. The van der Waals surface area contributed by atoms with Gasteiger partial charge in [0.25, 0.3) is 5.91 Å². The van der Waals surface area contributed by atoms with Gasteiger partial charge in [-0.25, -0.2) is 8.42 Å². The van der Waals surface area contributed by atoms with E-state index in [-0.39, 0.29) is 35.3 Å². The Hall–Kier alpha value is -1.93. The van der Waals surface area contributed by atoms with Crippen molar-refractivity contribution in [3.63, 3.8) is 0 Å². The van der Waals surface area contributed by atoms with Crippen molar-refractivity contribution in [2.24, 2.45) is 5.92 Å². The van der Waals surface area contributed by atoms with E-state index in [0.29, 0.717) is 24.2 Å². The number of carbonyl (C=O) groups is 2. The van der Waals surface area contributed by atoms with Crippen molar-refractivity contribution >= 4 is 27.3 Å². The van der Waals surface area contributed by atoms with E-state index in [2.05, 4.69) is 10.2 Å². The molecule has 0 radical (unpaired) electrons. The fourth-order valence-corrected chi connectivity index (χ4v) is 6.26. The van der Waals surface area contributed by atoms with Crippen LogP contribution >= 0.6 is 0 Å². The van der Waals surface area contributed by atoms with E-state index in [0.717, 1.165) is 38.6 Å². The topological polar surface area (TPSA) is 86.8 Å². The Morgan fingerprint density at radius 3 is 2.45 bits per heavy atom. The van der Waals surface area contributed by atoms with Crippen LogP contribution in [0.25, 0.3) is 0 Å². The number of nitrogens with one attached hydrogen (secondary N) is 1. The predicted molar refractivity (Wildman–Crippen MR) is 123 cm³/mol. The molecular formula is C23H35N3O4S. The van der Waals surface area contributed by atoms with Gasteiger partial charge >= 0.3 is 0 Å². The number of carbonyl (C=O) groups excluding carboxylic acids is 2. The molecule has 0 spiro atoms. The van der Waals surface area contributed by atoms with Gasteiger partial charge in [0.2, 0.25) is 5.91 Å². The molecule has 1 unspecified atom stereocenters. The number of hydrogen-bond donors (Lipinski definition) is 1. The smallest absolute Gasteiger partial charge is 0.254 e. The summed E-state index contributed by atoms with van der Waals surface area (Å²) in [6.45, 7) is 1.33. The van der Waals surface area contributed by atoms with Gasteiger partial charge in [-0.1, -0.05) is 25.3 Å². The van der Waals surface area contributed by atoms with Crippen molar-refractivity contribution in [2.45, 2.75) is 51.0 Å². The van der Waals surface area contributed by atoms with E-state index in [9.17, 15) is 18.0 Å². The van der Waals surface area contributed by atoms with Gasteiger partial charge < -0.3 is 15.1 Å². The molecule has 172 valence electrons. The highest BCUT2D eigenvalue weighted by molar-refractivity contribution is 7.91. The predicted octanol–water partition coefficient (Wildman–Crippen LogP) is 2.79. The fourth-order valence-electron chi connectivity index (χ4n) is 4.53. The molecule has 2 fully saturated rings. The first kappa shape index (κ1) is 23.7. The number of amides is 2. The quantitative estimate of drug-likeness (QED) is 0.659. The van der Waals surface area contributed by atoms with Gasteiger partial charge in [0.05, 0.1) is 11.5 Å². The third-order valence-electron chi connectivity index (χ3n) is 6.27. The lowest BCUT2D eigenvalue weighted by Gasteiger charge is -2.29. The second-order valence-electron chi connectivity index (χ2n) is 9.12. The SMILES string of the molecule is CN(C)CCCN(C(=O)c1cccc(NC(=O)C2CCCCC2)c1)C1CCS(=O)(=O)C1. The first-order valence-corrected chi connectivity index (χ1v) is 13.1. The maximum Gasteiger partial charge on any atom is 0.254 e. The Morgan fingerprint density at radius 1 is 1.06 bits per heavy atom. The molecule has 2 amide bonds. The van der Waals surface area contributed by atoms with Crippen LogP contribution in [0.15, 0.2) is 24.3 Å². The number of sulfone groups is 1. The van der Waals surface area contributed by atoms with Gasteiger partial charge in [0.15, 0.2) is 9.84 Å². The molecule has 1 saturated carbocycles. The molecule has 31 heavy (non-hydrogen) atoms. The fraction of sp³-hybridized carbons (Fsp3) is 0.652. The lowest BCUT2D eigenvalue weighted by molar-refractivity contribution is -0.120. The largest absolute Gasteiger partial charge is 0.335 e. The molecule has 1 saturated heterocycles. The third kappa shape index (κ3) is 6.77. The average molecular weight is 450 g/mol. The molecule has 1 aromatic rings. The summed E-state index contributed by atoms with van der Waals surface area (Å²) in [5, 5.41) is 2.97. The summed E-state index contributed by atoms with van der Waals surface area (Å²) >= 11 is 0. The summed E-state index contributed by atoms with van der Waals surface area (Å²) in [4.78, 5) is 29.7. The van der Waals surface area contributed by atoms with E-state index < -0.39 is 9.84 Å². The summed E-state index contributed by atoms with van der Waals surface area (Å²) in [5.41, 5.74) is 1.10. The minimum absolute atomic E-state index is 0.0222. The van der Waals surface area contributed by atoms with Crippen LogP contribution in [-0.2, 0) is 14.6 Å². The molecule has 1 aliphatic carbocycles. The highest BCUT2D eigenvalue weighted by Gasteiger charge is 2.35. The highest BCUT2D eigenvalue weighted by atomic mass is 32.2.